The number of phenolic OH excluding ortho intramolecular Hbond substituents is 1. The molecule has 1 rings (SSSR count). The molecule has 16 heavy (non-hydrogen) atoms. The van der Waals surface area contributed by atoms with Crippen molar-refractivity contribution in [3.8, 4) is 5.75 Å². The molecule has 1 aromatic carbocycles. The molecular formula is C11H13BrClNO2. The molecule has 0 aliphatic rings. The zero-order valence-electron chi connectivity index (χ0n) is 9.08. The monoisotopic (exact) mass is 305 g/mol. The number of hydrogen-bond acceptors (Lipinski definition) is 2. The summed E-state index contributed by atoms with van der Waals surface area (Å²) in [4.78, 5) is 13.4. The first-order chi connectivity index (χ1) is 7.41. The molecule has 3 nitrogen and oxygen atoms in total. The van der Waals surface area contributed by atoms with Crippen molar-refractivity contribution < 1.29 is 9.90 Å². The number of carbonyl (C=O) groups excluding carboxylic acids is 1. The quantitative estimate of drug-likeness (QED) is 0.872. The first-order valence-corrected chi connectivity index (χ1v) is 6.03. The summed E-state index contributed by atoms with van der Waals surface area (Å²) in [7, 11) is 1.68. The molecule has 0 aliphatic heterocycles. The highest BCUT2D eigenvalue weighted by atomic mass is 79.9. The van der Waals surface area contributed by atoms with Gasteiger partial charge in [0.1, 0.15) is 5.75 Å². The van der Waals surface area contributed by atoms with Gasteiger partial charge in [-0.15, -0.1) is 11.6 Å². The van der Waals surface area contributed by atoms with E-state index in [1.54, 1.807) is 19.2 Å². The fourth-order valence-corrected chi connectivity index (χ4v) is 1.78. The molecule has 0 saturated carbocycles. The van der Waals surface area contributed by atoms with E-state index < -0.39 is 0 Å². The van der Waals surface area contributed by atoms with Crippen LogP contribution in [0.2, 0.25) is 0 Å². The lowest BCUT2D eigenvalue weighted by Crippen LogP contribution is -2.31. The molecule has 0 aromatic heterocycles. The number of carbonyl (C=O) groups is 1. The summed E-state index contributed by atoms with van der Waals surface area (Å²) in [6, 6.07) is 4.73. The molecule has 1 amide bonds. The summed E-state index contributed by atoms with van der Waals surface area (Å²) >= 11 is 8.97. The predicted octanol–water partition coefficient (Wildman–Crippen LogP) is 2.85. The Balaban J connectivity index is 2.84. The van der Waals surface area contributed by atoms with Gasteiger partial charge in [-0.3, -0.25) is 4.79 Å². The fraction of sp³-hybridized carbons (Fsp3) is 0.364. The van der Waals surface area contributed by atoms with Gasteiger partial charge in [-0.1, -0.05) is 0 Å². The maximum atomic E-state index is 11.9. The van der Waals surface area contributed by atoms with E-state index in [9.17, 15) is 9.90 Å². The topological polar surface area (TPSA) is 40.5 Å². The summed E-state index contributed by atoms with van der Waals surface area (Å²) in [5.41, 5.74) is 0.445. The Bertz CT molecular complexity index is 396. The van der Waals surface area contributed by atoms with Gasteiger partial charge in [-0.05, 0) is 41.1 Å². The van der Waals surface area contributed by atoms with Crippen LogP contribution in [0.4, 0.5) is 0 Å². The van der Waals surface area contributed by atoms with E-state index in [4.69, 9.17) is 11.6 Å². The average molecular weight is 307 g/mol. The largest absolute Gasteiger partial charge is 0.507 e. The van der Waals surface area contributed by atoms with Crippen molar-refractivity contribution in [1.82, 2.24) is 4.90 Å². The highest BCUT2D eigenvalue weighted by Crippen LogP contribution is 2.24. The third kappa shape index (κ3) is 3.39. The maximum absolute atomic E-state index is 11.9. The van der Waals surface area contributed by atoms with Gasteiger partial charge in [0.2, 0.25) is 0 Å². The first-order valence-electron chi connectivity index (χ1n) is 4.80. The Kier molecular flexibility index (Phi) is 4.62. The number of halogens is 2. The van der Waals surface area contributed by atoms with Gasteiger partial charge in [-0.25, -0.2) is 0 Å². The van der Waals surface area contributed by atoms with E-state index in [-0.39, 0.29) is 17.0 Å². The molecule has 0 bridgehead atoms. The van der Waals surface area contributed by atoms with E-state index in [1.165, 1.54) is 11.0 Å². The van der Waals surface area contributed by atoms with Crippen LogP contribution in [0.5, 0.6) is 5.75 Å². The number of benzene rings is 1. The van der Waals surface area contributed by atoms with E-state index in [1.807, 2.05) is 6.92 Å². The van der Waals surface area contributed by atoms with Gasteiger partial charge < -0.3 is 10.0 Å². The van der Waals surface area contributed by atoms with Crippen LogP contribution in [0, 0.1) is 0 Å². The second-order valence-corrected chi connectivity index (χ2v) is 5.23. The molecule has 0 saturated heterocycles. The van der Waals surface area contributed by atoms with E-state index >= 15 is 0 Å². The third-order valence-corrected chi connectivity index (χ3v) is 2.87. The number of alkyl halides is 1. The second-order valence-electron chi connectivity index (χ2n) is 3.63. The van der Waals surface area contributed by atoms with Gasteiger partial charge in [0.25, 0.3) is 5.91 Å². The Morgan fingerprint density at radius 1 is 1.62 bits per heavy atom. The zero-order chi connectivity index (χ0) is 12.3. The lowest BCUT2D eigenvalue weighted by Gasteiger charge is -2.18. The van der Waals surface area contributed by atoms with Crippen LogP contribution in [-0.2, 0) is 0 Å². The number of amides is 1. The van der Waals surface area contributed by atoms with Crippen molar-refractivity contribution in [1.29, 1.82) is 0 Å². The van der Waals surface area contributed by atoms with Crippen molar-refractivity contribution in [3.05, 3.63) is 28.2 Å². The minimum absolute atomic E-state index is 0.0539. The standard InChI is InChI=1S/C11H13BrClNO2/c1-7(13)6-14(2)11(16)8-3-4-9(12)10(15)5-8/h3-5,7,15H,6H2,1-2H3. The molecule has 88 valence electrons. The SMILES string of the molecule is CC(Cl)CN(C)C(=O)c1ccc(Br)c(O)c1. The Labute approximate surface area is 108 Å². The number of phenols is 1. The van der Waals surface area contributed by atoms with Crippen molar-refractivity contribution in [3.63, 3.8) is 0 Å². The lowest BCUT2D eigenvalue weighted by molar-refractivity contribution is 0.0795. The fourth-order valence-electron chi connectivity index (χ4n) is 1.33. The van der Waals surface area contributed by atoms with Crippen LogP contribution >= 0.6 is 27.5 Å². The molecule has 1 atom stereocenters. The molecule has 0 heterocycles. The minimum Gasteiger partial charge on any atom is -0.507 e. The molecule has 0 spiro atoms. The molecule has 5 heteroatoms. The summed E-state index contributed by atoms with van der Waals surface area (Å²) < 4.78 is 0.567. The number of aromatic hydroxyl groups is 1. The molecule has 0 fully saturated rings. The molecule has 1 N–H and O–H groups in total. The minimum atomic E-state index is -0.157. The van der Waals surface area contributed by atoms with Crippen LogP contribution in [0.25, 0.3) is 0 Å². The molecule has 1 unspecified atom stereocenters. The van der Waals surface area contributed by atoms with Gasteiger partial charge in [0, 0.05) is 24.5 Å². The van der Waals surface area contributed by atoms with Crippen molar-refractivity contribution in [2.75, 3.05) is 13.6 Å². The van der Waals surface area contributed by atoms with Gasteiger partial charge in [0.05, 0.1) is 4.47 Å². The molecule has 0 aliphatic carbocycles. The molecule has 1 aromatic rings. The van der Waals surface area contributed by atoms with Gasteiger partial charge >= 0.3 is 0 Å². The van der Waals surface area contributed by atoms with Crippen molar-refractivity contribution in [2.24, 2.45) is 0 Å². The summed E-state index contributed by atoms with van der Waals surface area (Å²) in [5, 5.41) is 9.37. The van der Waals surface area contributed by atoms with Crippen molar-refractivity contribution >= 4 is 33.4 Å². The smallest absolute Gasteiger partial charge is 0.253 e. The highest BCUT2D eigenvalue weighted by molar-refractivity contribution is 9.10. The lowest BCUT2D eigenvalue weighted by atomic mass is 10.2. The number of rotatable bonds is 3. The average Bonchev–Trinajstić information content (AvgIpc) is 2.20. The van der Waals surface area contributed by atoms with Crippen LogP contribution in [0.1, 0.15) is 17.3 Å². The van der Waals surface area contributed by atoms with Gasteiger partial charge in [0.15, 0.2) is 0 Å². The normalized spacial score (nSPS) is 12.2. The van der Waals surface area contributed by atoms with Crippen LogP contribution in [0.15, 0.2) is 22.7 Å². The third-order valence-electron chi connectivity index (χ3n) is 2.07. The second kappa shape index (κ2) is 5.55. The van der Waals surface area contributed by atoms with Crippen LogP contribution in [-0.4, -0.2) is 34.9 Å². The van der Waals surface area contributed by atoms with Crippen LogP contribution < -0.4 is 0 Å². The predicted molar refractivity (Wildman–Crippen MR) is 68.1 cm³/mol. The Morgan fingerprint density at radius 3 is 2.75 bits per heavy atom. The summed E-state index contributed by atoms with van der Waals surface area (Å²) in [5.74, 6) is -0.103. The molecule has 0 radical (unpaired) electrons. The number of nitrogens with zero attached hydrogens (tertiary/aromatic N) is 1. The summed E-state index contributed by atoms with van der Waals surface area (Å²) in [6.07, 6.45) is 0. The van der Waals surface area contributed by atoms with Gasteiger partial charge in [-0.2, -0.15) is 0 Å². The zero-order valence-corrected chi connectivity index (χ0v) is 11.4. The Hall–Kier alpha value is -0.740. The Morgan fingerprint density at radius 2 is 2.25 bits per heavy atom. The number of hydrogen-bond donors (Lipinski definition) is 1. The highest BCUT2D eigenvalue weighted by Gasteiger charge is 2.14. The van der Waals surface area contributed by atoms with Crippen molar-refractivity contribution in [2.45, 2.75) is 12.3 Å². The van der Waals surface area contributed by atoms with E-state index in [2.05, 4.69) is 15.9 Å². The van der Waals surface area contributed by atoms with E-state index in [0.717, 1.165) is 0 Å². The molecular weight excluding hydrogens is 293 g/mol. The van der Waals surface area contributed by atoms with E-state index in [0.29, 0.717) is 16.6 Å². The van der Waals surface area contributed by atoms with Crippen LogP contribution in [0.3, 0.4) is 0 Å². The maximum Gasteiger partial charge on any atom is 0.253 e. The first kappa shape index (κ1) is 13.3. The summed E-state index contributed by atoms with van der Waals surface area (Å²) in [6.45, 7) is 2.29.